The van der Waals surface area contributed by atoms with Crippen molar-refractivity contribution >= 4 is 11.3 Å². The fourth-order valence-corrected chi connectivity index (χ4v) is 3.88. The van der Waals surface area contributed by atoms with E-state index in [9.17, 15) is 0 Å². The van der Waals surface area contributed by atoms with Gasteiger partial charge in [0.25, 0.3) is 0 Å². The molecule has 1 fully saturated rings. The van der Waals surface area contributed by atoms with E-state index in [0.29, 0.717) is 12.0 Å². The minimum absolute atomic E-state index is 0.293. The van der Waals surface area contributed by atoms with Crippen LogP contribution in [-0.2, 0) is 6.54 Å². The van der Waals surface area contributed by atoms with Gasteiger partial charge in [-0.25, -0.2) is 0 Å². The number of aryl methyl sites for hydroxylation is 1. The van der Waals surface area contributed by atoms with Gasteiger partial charge in [-0.2, -0.15) is 0 Å². The minimum Gasteiger partial charge on any atom is -0.327 e. The van der Waals surface area contributed by atoms with Crippen LogP contribution >= 0.6 is 11.3 Å². The summed E-state index contributed by atoms with van der Waals surface area (Å²) in [4.78, 5) is 3.98. The van der Waals surface area contributed by atoms with Crippen LogP contribution in [0, 0.1) is 6.92 Å². The average Bonchev–Trinajstić information content (AvgIpc) is 2.95. The Kier molecular flexibility index (Phi) is 4.20. The van der Waals surface area contributed by atoms with E-state index in [4.69, 9.17) is 5.73 Å². The maximum Gasteiger partial charge on any atom is 0.0234 e. The van der Waals surface area contributed by atoms with Crippen LogP contribution in [0.1, 0.15) is 28.3 Å². The van der Waals surface area contributed by atoms with Crippen molar-refractivity contribution in [3.63, 3.8) is 0 Å². The molecule has 1 aliphatic heterocycles. The van der Waals surface area contributed by atoms with E-state index in [1.54, 1.807) is 0 Å². The number of nitrogens with two attached hydrogens (primary N) is 1. The number of piperidine rings is 1. The Morgan fingerprint density at radius 2 is 2.00 bits per heavy atom. The SMILES string of the molecule is Cc1ccc(CN2CC(N)CC(c3cccs3)C2)cc1. The Morgan fingerprint density at radius 1 is 1.20 bits per heavy atom. The highest BCUT2D eigenvalue weighted by molar-refractivity contribution is 7.10. The lowest BCUT2D eigenvalue weighted by Crippen LogP contribution is -2.45. The van der Waals surface area contributed by atoms with Crippen LogP contribution in [0.15, 0.2) is 41.8 Å². The van der Waals surface area contributed by atoms with E-state index >= 15 is 0 Å². The number of hydrogen-bond donors (Lipinski definition) is 1. The zero-order valence-corrected chi connectivity index (χ0v) is 12.8. The molecule has 3 heteroatoms. The van der Waals surface area contributed by atoms with Gasteiger partial charge in [0.2, 0.25) is 0 Å². The molecule has 0 radical (unpaired) electrons. The summed E-state index contributed by atoms with van der Waals surface area (Å²) in [5.74, 6) is 0.601. The van der Waals surface area contributed by atoms with Crippen LogP contribution in [0.3, 0.4) is 0 Å². The van der Waals surface area contributed by atoms with Crippen LogP contribution in [0.5, 0.6) is 0 Å². The molecular formula is C17H22N2S. The predicted molar refractivity (Wildman–Crippen MR) is 86.1 cm³/mol. The molecule has 2 nitrogen and oxygen atoms in total. The Balaban J connectivity index is 1.68. The zero-order chi connectivity index (χ0) is 13.9. The highest BCUT2D eigenvalue weighted by atomic mass is 32.1. The first kappa shape index (κ1) is 13.8. The number of nitrogens with zero attached hydrogens (tertiary/aromatic N) is 1. The van der Waals surface area contributed by atoms with Gasteiger partial charge in [0.1, 0.15) is 0 Å². The standard InChI is InChI=1S/C17H22N2S/c1-13-4-6-14(7-5-13)10-19-11-15(9-16(18)12-19)17-3-2-8-20-17/h2-8,15-16H,9-12,18H2,1H3. The van der Waals surface area contributed by atoms with Crippen molar-refractivity contribution in [2.45, 2.75) is 31.8 Å². The molecular weight excluding hydrogens is 264 g/mol. The van der Waals surface area contributed by atoms with Gasteiger partial charge in [-0.05, 0) is 30.4 Å². The Labute approximate surface area is 125 Å². The van der Waals surface area contributed by atoms with E-state index < -0.39 is 0 Å². The zero-order valence-electron chi connectivity index (χ0n) is 12.0. The van der Waals surface area contributed by atoms with Crippen molar-refractivity contribution in [2.24, 2.45) is 5.73 Å². The van der Waals surface area contributed by atoms with Gasteiger partial charge in [-0.15, -0.1) is 11.3 Å². The molecule has 1 saturated heterocycles. The minimum atomic E-state index is 0.293. The third-order valence-corrected chi connectivity index (χ3v) is 5.07. The van der Waals surface area contributed by atoms with Crippen LogP contribution < -0.4 is 5.73 Å². The molecule has 0 spiro atoms. The van der Waals surface area contributed by atoms with Crippen molar-refractivity contribution in [2.75, 3.05) is 13.1 Å². The molecule has 0 saturated carbocycles. The van der Waals surface area contributed by atoms with Crippen molar-refractivity contribution in [1.82, 2.24) is 4.90 Å². The number of thiophene rings is 1. The largest absolute Gasteiger partial charge is 0.327 e. The lowest BCUT2D eigenvalue weighted by atomic mass is 9.93. The average molecular weight is 286 g/mol. The van der Waals surface area contributed by atoms with Crippen molar-refractivity contribution in [3.05, 3.63) is 57.8 Å². The van der Waals surface area contributed by atoms with Crippen LogP contribution in [0.4, 0.5) is 0 Å². The third kappa shape index (κ3) is 3.29. The molecule has 2 heterocycles. The number of benzene rings is 1. The topological polar surface area (TPSA) is 29.3 Å². The lowest BCUT2D eigenvalue weighted by molar-refractivity contribution is 0.182. The molecule has 0 aliphatic carbocycles. The first-order chi connectivity index (χ1) is 9.70. The fourth-order valence-electron chi connectivity index (χ4n) is 3.04. The van der Waals surface area contributed by atoms with E-state index in [1.165, 1.54) is 16.0 Å². The molecule has 106 valence electrons. The summed E-state index contributed by atoms with van der Waals surface area (Å²) in [6.45, 7) is 5.28. The van der Waals surface area contributed by atoms with Gasteiger partial charge in [0.05, 0.1) is 0 Å². The summed E-state index contributed by atoms with van der Waals surface area (Å²) < 4.78 is 0. The quantitative estimate of drug-likeness (QED) is 0.937. The fraction of sp³-hybridized carbons (Fsp3) is 0.412. The molecule has 2 aromatic rings. The molecule has 3 rings (SSSR count). The first-order valence-corrected chi connectivity index (χ1v) is 8.15. The molecule has 2 unspecified atom stereocenters. The Morgan fingerprint density at radius 3 is 2.70 bits per heavy atom. The van der Waals surface area contributed by atoms with Gasteiger partial charge >= 0.3 is 0 Å². The molecule has 2 atom stereocenters. The summed E-state index contributed by atoms with van der Waals surface area (Å²) in [6, 6.07) is 13.5. The second kappa shape index (κ2) is 6.08. The summed E-state index contributed by atoms with van der Waals surface area (Å²) >= 11 is 1.86. The van der Waals surface area contributed by atoms with Crippen LogP contribution in [0.25, 0.3) is 0 Å². The van der Waals surface area contributed by atoms with Crippen molar-refractivity contribution < 1.29 is 0 Å². The second-order valence-electron chi connectivity index (χ2n) is 5.89. The second-order valence-corrected chi connectivity index (χ2v) is 6.87. The van der Waals surface area contributed by atoms with Gasteiger partial charge in [-0.1, -0.05) is 35.9 Å². The van der Waals surface area contributed by atoms with E-state index in [0.717, 1.165) is 26.1 Å². The maximum atomic E-state index is 6.26. The van der Waals surface area contributed by atoms with Gasteiger partial charge in [0.15, 0.2) is 0 Å². The Hall–Kier alpha value is -1.16. The lowest BCUT2D eigenvalue weighted by Gasteiger charge is -2.36. The summed E-state index contributed by atoms with van der Waals surface area (Å²) in [6.07, 6.45) is 1.12. The number of rotatable bonds is 3. The summed E-state index contributed by atoms with van der Waals surface area (Å²) in [5.41, 5.74) is 8.97. The third-order valence-electron chi connectivity index (χ3n) is 4.03. The van der Waals surface area contributed by atoms with Gasteiger partial charge < -0.3 is 5.73 Å². The molecule has 1 aromatic heterocycles. The molecule has 1 aliphatic rings. The van der Waals surface area contributed by atoms with Crippen molar-refractivity contribution in [3.8, 4) is 0 Å². The smallest absolute Gasteiger partial charge is 0.0234 e. The molecule has 1 aromatic carbocycles. The molecule has 20 heavy (non-hydrogen) atoms. The Bertz CT molecular complexity index is 533. The first-order valence-electron chi connectivity index (χ1n) is 7.27. The molecule has 2 N–H and O–H groups in total. The highest BCUT2D eigenvalue weighted by Crippen LogP contribution is 2.30. The highest BCUT2D eigenvalue weighted by Gasteiger charge is 2.26. The number of hydrogen-bond acceptors (Lipinski definition) is 3. The van der Waals surface area contributed by atoms with Crippen LogP contribution in [-0.4, -0.2) is 24.0 Å². The summed E-state index contributed by atoms with van der Waals surface area (Å²) in [7, 11) is 0. The number of likely N-dealkylation sites (tertiary alicyclic amines) is 1. The van der Waals surface area contributed by atoms with E-state index in [-0.39, 0.29) is 0 Å². The maximum absolute atomic E-state index is 6.26. The van der Waals surface area contributed by atoms with E-state index in [2.05, 4.69) is 53.6 Å². The monoisotopic (exact) mass is 286 g/mol. The summed E-state index contributed by atoms with van der Waals surface area (Å²) in [5, 5.41) is 2.17. The van der Waals surface area contributed by atoms with Gasteiger partial charge in [0, 0.05) is 36.5 Å². The van der Waals surface area contributed by atoms with E-state index in [1.807, 2.05) is 11.3 Å². The molecule has 0 bridgehead atoms. The van der Waals surface area contributed by atoms with Crippen LogP contribution in [0.2, 0.25) is 0 Å². The van der Waals surface area contributed by atoms with Crippen molar-refractivity contribution in [1.29, 1.82) is 0 Å². The molecule has 0 amide bonds. The van der Waals surface area contributed by atoms with Gasteiger partial charge in [-0.3, -0.25) is 4.90 Å². The normalized spacial score (nSPS) is 23.9. The predicted octanol–water partition coefficient (Wildman–Crippen LogP) is 3.37.